The van der Waals surface area contributed by atoms with Crippen molar-refractivity contribution in [3.8, 4) is 22.6 Å². The Morgan fingerprint density at radius 2 is 1.59 bits per heavy atom. The summed E-state index contributed by atoms with van der Waals surface area (Å²) in [6, 6.07) is 25.8. The number of tetrazole rings is 1. The largest absolute Gasteiger partial charge is 0.497 e. The van der Waals surface area contributed by atoms with Crippen molar-refractivity contribution in [2.45, 2.75) is 17.8 Å². The van der Waals surface area contributed by atoms with Gasteiger partial charge < -0.3 is 14.6 Å². The van der Waals surface area contributed by atoms with Gasteiger partial charge in [-0.1, -0.05) is 66.4 Å². The maximum absolute atomic E-state index is 10.3. The van der Waals surface area contributed by atoms with Gasteiger partial charge in [-0.25, -0.2) is 4.68 Å². The number of hydrogen-bond acceptors (Lipinski definition) is 7. The Labute approximate surface area is 191 Å². The first-order valence-corrected chi connectivity index (χ1v) is 11.2. The molecule has 1 N–H and O–H groups in total. The molecule has 0 amide bonds. The van der Waals surface area contributed by atoms with Crippen molar-refractivity contribution in [3.63, 3.8) is 0 Å². The van der Waals surface area contributed by atoms with Crippen LogP contribution in [0.3, 0.4) is 0 Å². The predicted octanol–water partition coefficient (Wildman–Crippen LogP) is 3.93. The van der Waals surface area contributed by atoms with Gasteiger partial charge in [0.25, 0.3) is 0 Å². The highest BCUT2D eigenvalue weighted by atomic mass is 32.2. The molecule has 1 atom stereocenters. The van der Waals surface area contributed by atoms with Crippen LogP contribution in [0.25, 0.3) is 11.1 Å². The van der Waals surface area contributed by atoms with Gasteiger partial charge in [0.2, 0.25) is 5.16 Å². The quantitative estimate of drug-likeness (QED) is 0.368. The first-order valence-electron chi connectivity index (χ1n) is 10.2. The number of rotatable bonds is 10. The number of hydrogen-bond donors (Lipinski definition) is 1. The Balaban J connectivity index is 1.25. The molecule has 0 aliphatic carbocycles. The molecular formula is C24H24N4O3S. The van der Waals surface area contributed by atoms with Crippen molar-refractivity contribution >= 4 is 11.8 Å². The van der Waals surface area contributed by atoms with E-state index in [4.69, 9.17) is 9.47 Å². The summed E-state index contributed by atoms with van der Waals surface area (Å²) in [5, 5.41) is 22.9. The average Bonchev–Trinajstić information content (AvgIpc) is 3.29. The summed E-state index contributed by atoms with van der Waals surface area (Å²) in [4.78, 5) is 0. The average molecular weight is 449 g/mol. The topological polar surface area (TPSA) is 82.3 Å². The number of thioether (sulfide) groups is 1. The number of nitrogens with zero attached hydrogens (tertiary/aromatic N) is 4. The molecule has 164 valence electrons. The standard InChI is InChI=1S/C24H24N4O3S/c1-30-22-11-7-18(8-12-22)15-28-24(25-26-27-28)32-17-21(29)16-31-23-13-9-20(10-14-23)19-5-3-2-4-6-19/h2-14,21,29H,15-17H2,1H3/t21-/m0/s1. The van der Waals surface area contributed by atoms with Crippen molar-refractivity contribution in [2.24, 2.45) is 0 Å². The molecule has 0 radical (unpaired) electrons. The van der Waals surface area contributed by atoms with Gasteiger partial charge in [0.15, 0.2) is 0 Å². The van der Waals surface area contributed by atoms with Crippen LogP contribution >= 0.6 is 11.8 Å². The van der Waals surface area contributed by atoms with Gasteiger partial charge in [0.1, 0.15) is 18.1 Å². The molecule has 0 saturated heterocycles. The molecular weight excluding hydrogens is 424 g/mol. The Morgan fingerprint density at radius 1 is 0.906 bits per heavy atom. The van der Waals surface area contributed by atoms with E-state index in [0.29, 0.717) is 17.5 Å². The van der Waals surface area contributed by atoms with Gasteiger partial charge >= 0.3 is 0 Å². The zero-order valence-electron chi connectivity index (χ0n) is 17.7. The molecule has 0 unspecified atom stereocenters. The van der Waals surface area contributed by atoms with Crippen LogP contribution in [-0.4, -0.2) is 50.9 Å². The van der Waals surface area contributed by atoms with Gasteiger partial charge in [-0.05, 0) is 51.4 Å². The first kappa shape index (κ1) is 21.9. The van der Waals surface area contributed by atoms with Crippen molar-refractivity contribution in [1.29, 1.82) is 0 Å². The minimum atomic E-state index is -0.653. The third-order valence-electron chi connectivity index (χ3n) is 4.80. The van der Waals surface area contributed by atoms with Crippen LogP contribution in [0.2, 0.25) is 0 Å². The zero-order chi connectivity index (χ0) is 22.2. The number of benzene rings is 3. The summed E-state index contributed by atoms with van der Waals surface area (Å²) < 4.78 is 12.6. The first-order chi connectivity index (χ1) is 15.7. The second kappa shape index (κ2) is 10.8. The third-order valence-corrected chi connectivity index (χ3v) is 5.90. The molecule has 4 aromatic rings. The lowest BCUT2D eigenvalue weighted by atomic mass is 10.1. The van der Waals surface area contributed by atoms with E-state index in [-0.39, 0.29) is 6.61 Å². The Hall–Kier alpha value is -3.36. The monoisotopic (exact) mass is 448 g/mol. The Morgan fingerprint density at radius 3 is 2.31 bits per heavy atom. The molecule has 0 aliphatic rings. The van der Waals surface area contributed by atoms with Crippen molar-refractivity contribution in [1.82, 2.24) is 20.2 Å². The van der Waals surface area contributed by atoms with E-state index in [9.17, 15) is 5.11 Å². The summed E-state index contributed by atoms with van der Waals surface area (Å²) in [6.07, 6.45) is -0.653. The van der Waals surface area contributed by atoms with E-state index in [1.807, 2.05) is 66.7 Å². The lowest BCUT2D eigenvalue weighted by Crippen LogP contribution is -2.20. The molecule has 8 heteroatoms. The zero-order valence-corrected chi connectivity index (χ0v) is 18.5. The van der Waals surface area contributed by atoms with E-state index in [1.165, 1.54) is 11.8 Å². The van der Waals surface area contributed by atoms with E-state index in [0.717, 1.165) is 28.2 Å². The molecule has 4 rings (SSSR count). The molecule has 0 spiro atoms. The predicted molar refractivity (Wildman–Crippen MR) is 124 cm³/mol. The van der Waals surface area contributed by atoms with Crippen LogP contribution in [0.15, 0.2) is 84.0 Å². The van der Waals surface area contributed by atoms with Gasteiger partial charge in [-0.15, -0.1) is 5.10 Å². The molecule has 3 aromatic carbocycles. The van der Waals surface area contributed by atoms with Crippen molar-refractivity contribution < 1.29 is 14.6 Å². The highest BCUT2D eigenvalue weighted by Gasteiger charge is 2.12. The van der Waals surface area contributed by atoms with Crippen LogP contribution < -0.4 is 9.47 Å². The minimum Gasteiger partial charge on any atom is -0.497 e. The van der Waals surface area contributed by atoms with Gasteiger partial charge in [0, 0.05) is 5.75 Å². The summed E-state index contributed by atoms with van der Waals surface area (Å²) in [5.74, 6) is 1.95. The van der Waals surface area contributed by atoms with Crippen molar-refractivity contribution in [2.75, 3.05) is 19.5 Å². The van der Waals surface area contributed by atoms with Crippen LogP contribution in [0.1, 0.15) is 5.56 Å². The molecule has 0 saturated carbocycles. The van der Waals surface area contributed by atoms with Crippen LogP contribution in [0.5, 0.6) is 11.5 Å². The van der Waals surface area contributed by atoms with Gasteiger partial charge in [0.05, 0.1) is 19.8 Å². The smallest absolute Gasteiger partial charge is 0.209 e. The van der Waals surface area contributed by atoms with E-state index in [2.05, 4.69) is 27.7 Å². The number of aliphatic hydroxyl groups is 1. The Kier molecular flexibility index (Phi) is 7.37. The number of ether oxygens (including phenoxy) is 2. The molecule has 1 aromatic heterocycles. The summed E-state index contributed by atoms with van der Waals surface area (Å²) in [6.45, 7) is 0.734. The maximum Gasteiger partial charge on any atom is 0.209 e. The molecule has 7 nitrogen and oxygen atoms in total. The maximum atomic E-state index is 10.3. The summed E-state index contributed by atoms with van der Waals surface area (Å²) in [7, 11) is 1.64. The van der Waals surface area contributed by atoms with Crippen LogP contribution in [0.4, 0.5) is 0 Å². The number of aromatic nitrogens is 4. The minimum absolute atomic E-state index is 0.192. The van der Waals surface area contributed by atoms with E-state index < -0.39 is 6.10 Å². The van der Waals surface area contributed by atoms with Gasteiger partial charge in [-0.2, -0.15) is 0 Å². The van der Waals surface area contributed by atoms with E-state index in [1.54, 1.807) is 11.8 Å². The fourth-order valence-corrected chi connectivity index (χ4v) is 3.87. The number of aliphatic hydroxyl groups excluding tert-OH is 1. The highest BCUT2D eigenvalue weighted by Crippen LogP contribution is 2.23. The SMILES string of the molecule is COc1ccc(Cn2nnnc2SC[C@@H](O)COc2ccc(-c3ccccc3)cc2)cc1. The molecule has 0 fully saturated rings. The van der Waals surface area contributed by atoms with Crippen LogP contribution in [0, 0.1) is 0 Å². The second-order valence-corrected chi connectivity index (χ2v) is 8.12. The fourth-order valence-electron chi connectivity index (χ4n) is 3.09. The fraction of sp³-hybridized carbons (Fsp3) is 0.208. The molecule has 1 heterocycles. The van der Waals surface area contributed by atoms with Crippen LogP contribution in [-0.2, 0) is 6.54 Å². The normalized spacial score (nSPS) is 11.8. The van der Waals surface area contributed by atoms with E-state index >= 15 is 0 Å². The number of methoxy groups -OCH3 is 1. The lowest BCUT2D eigenvalue weighted by Gasteiger charge is -2.12. The molecule has 0 aliphatic heterocycles. The second-order valence-electron chi connectivity index (χ2n) is 7.13. The summed E-state index contributed by atoms with van der Waals surface area (Å²) in [5.41, 5.74) is 3.34. The Bertz CT molecular complexity index is 1100. The van der Waals surface area contributed by atoms with Crippen molar-refractivity contribution in [3.05, 3.63) is 84.4 Å². The molecule has 0 bridgehead atoms. The molecule has 32 heavy (non-hydrogen) atoms. The van der Waals surface area contributed by atoms with Gasteiger partial charge in [-0.3, -0.25) is 0 Å². The summed E-state index contributed by atoms with van der Waals surface area (Å²) >= 11 is 1.40. The third kappa shape index (κ3) is 5.87. The lowest BCUT2D eigenvalue weighted by molar-refractivity contribution is 0.126. The highest BCUT2D eigenvalue weighted by molar-refractivity contribution is 7.99.